The smallest absolute Gasteiger partial charge is 0.120 e. The van der Waals surface area contributed by atoms with E-state index in [1.54, 1.807) is 0 Å². The lowest BCUT2D eigenvalue weighted by atomic mass is 9.71. The third-order valence-corrected chi connectivity index (χ3v) is 5.40. The molecule has 4 heteroatoms. The van der Waals surface area contributed by atoms with Gasteiger partial charge in [0.05, 0.1) is 5.54 Å². The number of fused-ring (bicyclic) bond motifs is 1. The minimum Gasteiger partial charge on any atom is -0.303 e. The molecular formula is C20H26N2O2. The van der Waals surface area contributed by atoms with Gasteiger partial charge in [-0.05, 0) is 61.8 Å². The summed E-state index contributed by atoms with van der Waals surface area (Å²) in [6.45, 7) is 4.55. The van der Waals surface area contributed by atoms with E-state index in [4.69, 9.17) is 4.99 Å². The Kier molecular flexibility index (Phi) is 4.93. The molecule has 0 N–H and O–H groups in total. The monoisotopic (exact) mass is 326 g/mol. The number of rotatable bonds is 5. The van der Waals surface area contributed by atoms with Crippen LogP contribution in [0.25, 0.3) is 0 Å². The number of aldehydes is 1. The Morgan fingerprint density at radius 1 is 1.29 bits per heavy atom. The molecule has 3 rings (SSSR count). The number of carbonyl (C=O) groups excluding carboxylic acids is 1. The minimum absolute atomic E-state index is 0.115. The molecule has 1 aromatic rings. The Bertz CT molecular complexity index is 664. The van der Waals surface area contributed by atoms with Crippen LogP contribution >= 0.6 is 0 Å². The third-order valence-electron chi connectivity index (χ3n) is 5.40. The van der Waals surface area contributed by atoms with Crippen LogP contribution in [0, 0.1) is 16.7 Å². The van der Waals surface area contributed by atoms with Crippen LogP contribution in [-0.4, -0.2) is 17.5 Å². The molecule has 1 heterocycles. The van der Waals surface area contributed by atoms with Crippen molar-refractivity contribution in [2.24, 2.45) is 22.0 Å². The zero-order valence-corrected chi connectivity index (χ0v) is 14.6. The molecule has 0 saturated heterocycles. The van der Waals surface area contributed by atoms with E-state index in [0.29, 0.717) is 18.3 Å². The van der Waals surface area contributed by atoms with Gasteiger partial charge in [-0.3, -0.25) is 4.99 Å². The molecule has 24 heavy (non-hydrogen) atoms. The molecule has 2 unspecified atom stereocenters. The second kappa shape index (κ2) is 6.96. The lowest BCUT2D eigenvalue weighted by molar-refractivity contribution is -0.109. The number of nitrogens with zero attached hydrogens (tertiary/aromatic N) is 2. The van der Waals surface area contributed by atoms with Crippen LogP contribution in [0.15, 0.2) is 28.4 Å². The quantitative estimate of drug-likeness (QED) is 0.592. The first-order valence-corrected chi connectivity index (χ1v) is 8.99. The molecule has 0 radical (unpaired) electrons. The predicted molar refractivity (Wildman–Crippen MR) is 96.4 cm³/mol. The van der Waals surface area contributed by atoms with Gasteiger partial charge in [-0.15, -0.1) is 0 Å². The van der Waals surface area contributed by atoms with E-state index >= 15 is 0 Å². The van der Waals surface area contributed by atoms with Crippen LogP contribution in [0.5, 0.6) is 0 Å². The number of nitroso groups, excluding NO2 is 1. The molecule has 1 aliphatic heterocycles. The summed E-state index contributed by atoms with van der Waals surface area (Å²) in [6.07, 6.45) is 7.20. The van der Waals surface area contributed by atoms with Gasteiger partial charge in [-0.1, -0.05) is 30.2 Å². The minimum atomic E-state index is -0.115. The highest BCUT2D eigenvalue weighted by atomic mass is 16.3. The van der Waals surface area contributed by atoms with E-state index in [2.05, 4.69) is 31.2 Å². The van der Waals surface area contributed by atoms with Gasteiger partial charge in [0.1, 0.15) is 12.8 Å². The third kappa shape index (κ3) is 3.47. The average molecular weight is 326 g/mol. The van der Waals surface area contributed by atoms with Gasteiger partial charge >= 0.3 is 0 Å². The van der Waals surface area contributed by atoms with Crippen LogP contribution in [0.4, 0.5) is 0 Å². The van der Waals surface area contributed by atoms with E-state index in [1.807, 2.05) is 6.07 Å². The Morgan fingerprint density at radius 2 is 2.08 bits per heavy atom. The summed E-state index contributed by atoms with van der Waals surface area (Å²) in [6, 6.07) is 6.23. The fourth-order valence-corrected chi connectivity index (χ4v) is 4.34. The van der Waals surface area contributed by atoms with Crippen molar-refractivity contribution in [3.05, 3.63) is 39.8 Å². The van der Waals surface area contributed by atoms with Crippen LogP contribution in [0.2, 0.25) is 0 Å². The van der Waals surface area contributed by atoms with Crippen molar-refractivity contribution in [2.45, 2.75) is 64.5 Å². The van der Waals surface area contributed by atoms with Crippen LogP contribution in [-0.2, 0) is 17.8 Å². The van der Waals surface area contributed by atoms with Crippen molar-refractivity contribution in [1.29, 1.82) is 0 Å². The molecule has 1 aliphatic carbocycles. The van der Waals surface area contributed by atoms with Gasteiger partial charge in [-0.2, -0.15) is 4.91 Å². The van der Waals surface area contributed by atoms with Crippen molar-refractivity contribution >= 4 is 12.0 Å². The first-order chi connectivity index (χ1) is 11.5. The Hall–Kier alpha value is -1.84. The molecule has 2 aliphatic rings. The fourth-order valence-electron chi connectivity index (χ4n) is 4.34. The van der Waals surface area contributed by atoms with Crippen molar-refractivity contribution in [3.63, 3.8) is 0 Å². The van der Waals surface area contributed by atoms with Crippen molar-refractivity contribution in [2.75, 3.05) is 0 Å². The Morgan fingerprint density at radius 3 is 2.83 bits per heavy atom. The predicted octanol–water partition coefficient (Wildman–Crippen LogP) is 4.47. The number of benzene rings is 1. The average Bonchev–Trinajstić information content (AvgIpc) is 2.55. The largest absolute Gasteiger partial charge is 0.303 e. The zero-order chi connectivity index (χ0) is 17.2. The maximum atomic E-state index is 11.1. The van der Waals surface area contributed by atoms with Crippen LogP contribution in [0.1, 0.15) is 62.6 Å². The van der Waals surface area contributed by atoms with Gasteiger partial charge in [-0.25, -0.2) is 0 Å². The molecule has 4 nitrogen and oxygen atoms in total. The van der Waals surface area contributed by atoms with E-state index in [-0.39, 0.29) is 12.1 Å². The van der Waals surface area contributed by atoms with E-state index in [9.17, 15) is 9.70 Å². The van der Waals surface area contributed by atoms with Crippen LogP contribution in [0.3, 0.4) is 0 Å². The van der Waals surface area contributed by atoms with Gasteiger partial charge in [0, 0.05) is 18.1 Å². The van der Waals surface area contributed by atoms with Crippen molar-refractivity contribution in [1.82, 2.24) is 0 Å². The molecule has 1 aromatic carbocycles. The summed E-state index contributed by atoms with van der Waals surface area (Å²) in [7, 11) is 0. The molecule has 0 amide bonds. The highest BCUT2D eigenvalue weighted by Gasteiger charge is 2.35. The standard InChI is InChI=1S/C20H26N2O2/c1-20(2)12-16-8-7-14(13-21-24)11-18(16)19(22-20)17-6-4-3-5-15(17)9-10-23/h7-8,10-11,15,17H,3-6,9,12-13H2,1-2H3. The van der Waals surface area contributed by atoms with Crippen LogP contribution < -0.4 is 0 Å². The SMILES string of the molecule is CC1(C)Cc2ccc(CN=O)cc2C(C2CCCCC2CC=O)=N1. The fraction of sp³-hybridized carbons (Fsp3) is 0.600. The van der Waals surface area contributed by atoms with Crippen molar-refractivity contribution < 1.29 is 4.79 Å². The van der Waals surface area contributed by atoms with E-state index in [0.717, 1.165) is 36.8 Å². The van der Waals surface area contributed by atoms with Gasteiger partial charge in [0.15, 0.2) is 0 Å². The van der Waals surface area contributed by atoms with E-state index < -0.39 is 0 Å². The molecule has 1 saturated carbocycles. The number of hydrogen-bond donors (Lipinski definition) is 0. The number of aliphatic imine (C=N–C) groups is 1. The Balaban J connectivity index is 2.04. The summed E-state index contributed by atoms with van der Waals surface area (Å²) in [5.74, 6) is 0.742. The molecule has 0 aromatic heterocycles. The second-order valence-electron chi connectivity index (χ2n) is 7.82. The summed E-state index contributed by atoms with van der Waals surface area (Å²) in [4.78, 5) is 26.9. The normalized spacial score (nSPS) is 25.5. The van der Waals surface area contributed by atoms with Gasteiger partial charge < -0.3 is 4.79 Å². The highest BCUT2D eigenvalue weighted by molar-refractivity contribution is 6.05. The topological polar surface area (TPSA) is 58.9 Å². The summed E-state index contributed by atoms with van der Waals surface area (Å²) < 4.78 is 0. The lowest BCUT2D eigenvalue weighted by Gasteiger charge is -2.37. The number of hydrogen-bond acceptors (Lipinski definition) is 4. The lowest BCUT2D eigenvalue weighted by Crippen LogP contribution is -2.36. The molecule has 0 spiro atoms. The van der Waals surface area contributed by atoms with E-state index in [1.165, 1.54) is 24.0 Å². The zero-order valence-electron chi connectivity index (χ0n) is 14.6. The maximum absolute atomic E-state index is 11.1. The first kappa shape index (κ1) is 17.0. The first-order valence-electron chi connectivity index (χ1n) is 8.99. The number of carbonyl (C=O) groups is 1. The maximum Gasteiger partial charge on any atom is 0.120 e. The van der Waals surface area contributed by atoms with Crippen molar-refractivity contribution in [3.8, 4) is 0 Å². The van der Waals surface area contributed by atoms with Gasteiger partial charge in [0.2, 0.25) is 0 Å². The molecule has 2 atom stereocenters. The Labute approximate surface area is 143 Å². The second-order valence-corrected chi connectivity index (χ2v) is 7.82. The van der Waals surface area contributed by atoms with Gasteiger partial charge in [0.25, 0.3) is 0 Å². The molecule has 128 valence electrons. The molecule has 1 fully saturated rings. The summed E-state index contributed by atoms with van der Waals surface area (Å²) >= 11 is 0. The molecular weight excluding hydrogens is 300 g/mol. The summed E-state index contributed by atoms with van der Waals surface area (Å²) in [5, 5.41) is 3.03. The summed E-state index contributed by atoms with van der Waals surface area (Å²) in [5.41, 5.74) is 4.46. The highest BCUT2D eigenvalue weighted by Crippen LogP contribution is 2.39. The molecule has 0 bridgehead atoms.